The Hall–Kier alpha value is -0.130. The number of hydrogen-bond acceptors (Lipinski definition) is 4. The molecule has 1 aliphatic heterocycles. The van der Waals surface area contributed by atoms with Gasteiger partial charge in [-0.15, -0.1) is 0 Å². The van der Waals surface area contributed by atoms with Gasteiger partial charge in [0.15, 0.2) is 0 Å². The Balaban J connectivity index is 2.33. The monoisotopic (exact) mass is 249 g/mol. The summed E-state index contributed by atoms with van der Waals surface area (Å²) < 4.78 is 27.7. The maximum atomic E-state index is 11.0. The van der Waals surface area contributed by atoms with Crippen molar-refractivity contribution in [2.75, 3.05) is 25.2 Å². The molecule has 0 amide bonds. The van der Waals surface area contributed by atoms with Gasteiger partial charge < -0.3 is 10.1 Å². The first-order chi connectivity index (χ1) is 7.35. The first kappa shape index (κ1) is 13.9. The molecule has 1 N–H and O–H groups in total. The van der Waals surface area contributed by atoms with Crippen LogP contribution in [0.3, 0.4) is 0 Å². The summed E-state index contributed by atoms with van der Waals surface area (Å²) in [6, 6.07) is 0.389. The van der Waals surface area contributed by atoms with Gasteiger partial charge in [-0.1, -0.05) is 6.92 Å². The lowest BCUT2D eigenvalue weighted by Crippen LogP contribution is -2.46. The van der Waals surface area contributed by atoms with Gasteiger partial charge in [0.1, 0.15) is 9.84 Å². The summed E-state index contributed by atoms with van der Waals surface area (Å²) in [7, 11) is -2.85. The summed E-state index contributed by atoms with van der Waals surface area (Å²) in [5.41, 5.74) is -0.0407. The topological polar surface area (TPSA) is 55.4 Å². The van der Waals surface area contributed by atoms with Crippen molar-refractivity contribution < 1.29 is 13.2 Å². The van der Waals surface area contributed by atoms with E-state index < -0.39 is 9.84 Å². The fourth-order valence-corrected chi connectivity index (χ4v) is 2.49. The van der Waals surface area contributed by atoms with Crippen LogP contribution >= 0.6 is 0 Å². The molecule has 0 bridgehead atoms. The predicted molar refractivity (Wildman–Crippen MR) is 65.4 cm³/mol. The zero-order valence-corrected chi connectivity index (χ0v) is 11.3. The minimum Gasteiger partial charge on any atom is -0.375 e. The van der Waals surface area contributed by atoms with Crippen LogP contribution in [0.4, 0.5) is 0 Å². The molecule has 5 heteroatoms. The first-order valence-electron chi connectivity index (χ1n) is 5.90. The van der Waals surface area contributed by atoms with Crippen LogP contribution in [0, 0.1) is 0 Å². The van der Waals surface area contributed by atoms with Crippen LogP contribution < -0.4 is 5.32 Å². The SMILES string of the molecule is CCC1(C)CC(NCCS(C)(=O)=O)CCO1. The molecule has 2 unspecified atom stereocenters. The predicted octanol–water partition coefficient (Wildman–Crippen LogP) is 0.968. The van der Waals surface area contributed by atoms with Crippen molar-refractivity contribution in [1.82, 2.24) is 5.32 Å². The lowest BCUT2D eigenvalue weighted by Gasteiger charge is -2.38. The van der Waals surface area contributed by atoms with Gasteiger partial charge in [-0.25, -0.2) is 8.42 Å². The van der Waals surface area contributed by atoms with E-state index >= 15 is 0 Å². The number of rotatable bonds is 5. The Morgan fingerprint density at radius 2 is 2.19 bits per heavy atom. The summed E-state index contributed by atoms with van der Waals surface area (Å²) in [5.74, 6) is 0.215. The summed E-state index contributed by atoms with van der Waals surface area (Å²) in [5, 5.41) is 3.31. The normalized spacial score (nSPS) is 31.6. The van der Waals surface area contributed by atoms with Crippen molar-refractivity contribution in [2.24, 2.45) is 0 Å². The number of sulfone groups is 1. The van der Waals surface area contributed by atoms with Crippen LogP contribution in [0.1, 0.15) is 33.1 Å². The Kier molecular flexibility index (Phi) is 4.76. The maximum absolute atomic E-state index is 11.0. The van der Waals surface area contributed by atoms with E-state index in [0.29, 0.717) is 12.6 Å². The quantitative estimate of drug-likeness (QED) is 0.789. The van der Waals surface area contributed by atoms with Crippen LogP contribution in [-0.2, 0) is 14.6 Å². The van der Waals surface area contributed by atoms with E-state index in [-0.39, 0.29) is 11.4 Å². The van der Waals surface area contributed by atoms with Crippen molar-refractivity contribution in [3.05, 3.63) is 0 Å². The third-order valence-corrected chi connectivity index (χ3v) is 4.19. The molecular formula is C11H23NO3S. The van der Waals surface area contributed by atoms with Gasteiger partial charge in [0.05, 0.1) is 11.4 Å². The molecule has 0 spiro atoms. The van der Waals surface area contributed by atoms with Crippen LogP contribution in [0.15, 0.2) is 0 Å². The van der Waals surface area contributed by atoms with Gasteiger partial charge in [0, 0.05) is 25.4 Å². The highest BCUT2D eigenvalue weighted by Gasteiger charge is 2.31. The minimum absolute atomic E-state index is 0.0407. The van der Waals surface area contributed by atoms with E-state index in [1.807, 2.05) is 0 Å². The molecule has 1 heterocycles. The smallest absolute Gasteiger partial charge is 0.148 e. The lowest BCUT2D eigenvalue weighted by molar-refractivity contribution is -0.0776. The first-order valence-corrected chi connectivity index (χ1v) is 7.96. The van der Waals surface area contributed by atoms with Gasteiger partial charge in [0.2, 0.25) is 0 Å². The van der Waals surface area contributed by atoms with Crippen molar-refractivity contribution in [1.29, 1.82) is 0 Å². The molecule has 1 saturated heterocycles. The summed E-state index contributed by atoms with van der Waals surface area (Å²) in [6.07, 6.45) is 4.21. The second-order valence-electron chi connectivity index (χ2n) is 4.93. The van der Waals surface area contributed by atoms with E-state index in [4.69, 9.17) is 4.74 Å². The molecule has 4 nitrogen and oxygen atoms in total. The zero-order chi connectivity index (χ0) is 12.2. The average Bonchev–Trinajstić information content (AvgIpc) is 2.16. The van der Waals surface area contributed by atoms with Gasteiger partial charge in [-0.05, 0) is 26.2 Å². The van der Waals surface area contributed by atoms with Gasteiger partial charge >= 0.3 is 0 Å². The molecule has 1 rings (SSSR count). The summed E-state index contributed by atoms with van der Waals surface area (Å²) >= 11 is 0. The van der Waals surface area contributed by atoms with Crippen LogP contribution in [0.2, 0.25) is 0 Å². The van der Waals surface area contributed by atoms with E-state index in [0.717, 1.165) is 25.9 Å². The van der Waals surface area contributed by atoms with Crippen molar-refractivity contribution in [3.63, 3.8) is 0 Å². The summed E-state index contributed by atoms with van der Waals surface area (Å²) in [4.78, 5) is 0. The van der Waals surface area contributed by atoms with Crippen LogP contribution in [0.25, 0.3) is 0 Å². The molecule has 16 heavy (non-hydrogen) atoms. The van der Waals surface area contributed by atoms with Crippen molar-refractivity contribution >= 4 is 9.84 Å². The number of nitrogens with one attached hydrogen (secondary N) is 1. The van der Waals surface area contributed by atoms with E-state index in [9.17, 15) is 8.42 Å². The Bertz CT molecular complexity index is 315. The fourth-order valence-electron chi connectivity index (χ4n) is 2.00. The molecule has 1 aliphatic rings. The molecule has 0 aromatic rings. The van der Waals surface area contributed by atoms with Crippen LogP contribution in [0.5, 0.6) is 0 Å². The molecule has 0 radical (unpaired) electrons. The largest absolute Gasteiger partial charge is 0.375 e. The highest BCUT2D eigenvalue weighted by molar-refractivity contribution is 7.90. The molecule has 96 valence electrons. The minimum atomic E-state index is -2.85. The van der Waals surface area contributed by atoms with E-state index in [1.165, 1.54) is 6.26 Å². The fraction of sp³-hybridized carbons (Fsp3) is 1.00. The van der Waals surface area contributed by atoms with Crippen molar-refractivity contribution in [3.8, 4) is 0 Å². The molecule has 0 aromatic carbocycles. The average molecular weight is 249 g/mol. The molecule has 1 fully saturated rings. The second kappa shape index (κ2) is 5.47. The summed E-state index contributed by atoms with van der Waals surface area (Å²) in [6.45, 7) is 5.56. The zero-order valence-electron chi connectivity index (χ0n) is 10.5. The molecular weight excluding hydrogens is 226 g/mol. The molecule has 0 aliphatic carbocycles. The highest BCUT2D eigenvalue weighted by atomic mass is 32.2. The molecule has 0 aromatic heterocycles. The highest BCUT2D eigenvalue weighted by Crippen LogP contribution is 2.27. The standard InChI is InChI=1S/C11H23NO3S/c1-4-11(2)9-10(5-7-15-11)12-6-8-16(3,13)14/h10,12H,4-9H2,1-3H3. The molecule has 0 saturated carbocycles. The van der Waals surface area contributed by atoms with E-state index in [1.54, 1.807) is 0 Å². The van der Waals surface area contributed by atoms with Gasteiger partial charge in [-0.3, -0.25) is 0 Å². The van der Waals surface area contributed by atoms with Crippen molar-refractivity contribution in [2.45, 2.75) is 44.8 Å². The van der Waals surface area contributed by atoms with Gasteiger partial charge in [-0.2, -0.15) is 0 Å². The third-order valence-electron chi connectivity index (χ3n) is 3.25. The Morgan fingerprint density at radius 3 is 2.75 bits per heavy atom. The van der Waals surface area contributed by atoms with Gasteiger partial charge in [0.25, 0.3) is 0 Å². The second-order valence-corrected chi connectivity index (χ2v) is 7.19. The molecule has 2 atom stereocenters. The van der Waals surface area contributed by atoms with E-state index in [2.05, 4.69) is 19.2 Å². The number of ether oxygens (including phenoxy) is 1. The third kappa shape index (κ3) is 4.80. The Morgan fingerprint density at radius 1 is 1.50 bits per heavy atom. The lowest BCUT2D eigenvalue weighted by atomic mass is 9.90. The Labute approximate surface area is 98.7 Å². The maximum Gasteiger partial charge on any atom is 0.148 e. The van der Waals surface area contributed by atoms with Crippen LogP contribution in [-0.4, -0.2) is 45.2 Å². The number of hydrogen-bond donors (Lipinski definition) is 1.